The number of hydrogen-bond donors (Lipinski definition) is 1. The van der Waals surface area contributed by atoms with Gasteiger partial charge in [-0.3, -0.25) is 0 Å². The molecule has 0 bridgehead atoms. The monoisotopic (exact) mass is 314 g/mol. The fourth-order valence-electron chi connectivity index (χ4n) is 1.46. The number of carboxylic acids is 1. The predicted molar refractivity (Wildman–Crippen MR) is 60.7 cm³/mol. The summed E-state index contributed by atoms with van der Waals surface area (Å²) in [5.41, 5.74) is -0.447. The zero-order valence-electron chi connectivity index (χ0n) is 9.95. The Hall–Kier alpha value is -1.64. The molecule has 0 atom stereocenters. The first kappa shape index (κ1) is 16.4. The van der Waals surface area contributed by atoms with E-state index < -0.39 is 56.9 Å². The summed E-state index contributed by atoms with van der Waals surface area (Å²) in [6.45, 7) is 0. The van der Waals surface area contributed by atoms with E-state index in [9.17, 15) is 30.8 Å². The number of aromatic carboxylic acids is 1. The Labute approximate surface area is 111 Å². The van der Waals surface area contributed by atoms with Gasteiger partial charge < -0.3 is 5.11 Å². The van der Waals surface area contributed by atoms with E-state index in [4.69, 9.17) is 5.11 Å². The van der Waals surface area contributed by atoms with E-state index in [0.717, 1.165) is 12.1 Å². The second-order valence-corrected chi connectivity index (χ2v) is 6.07. The minimum absolute atomic E-state index is 0.447. The van der Waals surface area contributed by atoms with Gasteiger partial charge in [0.25, 0.3) is 0 Å². The summed E-state index contributed by atoms with van der Waals surface area (Å²) in [5.74, 6) is -3.60. The molecule has 0 aliphatic carbocycles. The van der Waals surface area contributed by atoms with Gasteiger partial charge in [0, 0.05) is 6.42 Å². The number of carboxylic acid groups (broad SMARTS) is 1. The minimum atomic E-state index is -4.48. The van der Waals surface area contributed by atoms with Crippen LogP contribution in [0, 0.1) is 5.82 Å². The quantitative estimate of drug-likeness (QED) is 0.848. The summed E-state index contributed by atoms with van der Waals surface area (Å²) in [5, 5.41) is 8.59. The third-order valence-corrected chi connectivity index (χ3v) is 4.21. The normalized spacial score (nSPS) is 12.4. The fraction of sp³-hybridized carbons (Fsp3) is 0.364. The van der Waals surface area contributed by atoms with E-state index in [2.05, 4.69) is 0 Å². The van der Waals surface area contributed by atoms with Crippen molar-refractivity contribution < 1.29 is 35.9 Å². The molecule has 0 spiro atoms. The summed E-state index contributed by atoms with van der Waals surface area (Å²) in [4.78, 5) is 9.75. The molecule has 0 radical (unpaired) electrons. The number of halogens is 4. The molecular formula is C11H10F4O4S. The molecule has 1 rings (SSSR count). The van der Waals surface area contributed by atoms with Crippen molar-refractivity contribution in [3.8, 4) is 0 Å². The molecule has 1 aromatic rings. The van der Waals surface area contributed by atoms with Crippen LogP contribution < -0.4 is 0 Å². The molecule has 4 nitrogen and oxygen atoms in total. The van der Waals surface area contributed by atoms with E-state index in [-0.39, 0.29) is 0 Å². The highest BCUT2D eigenvalue weighted by molar-refractivity contribution is 7.91. The maximum Gasteiger partial charge on any atom is 0.389 e. The van der Waals surface area contributed by atoms with E-state index >= 15 is 0 Å². The molecule has 20 heavy (non-hydrogen) atoms. The lowest BCUT2D eigenvalue weighted by atomic mass is 10.2. The van der Waals surface area contributed by atoms with Gasteiger partial charge >= 0.3 is 12.1 Å². The van der Waals surface area contributed by atoms with Crippen molar-refractivity contribution in [1.82, 2.24) is 0 Å². The van der Waals surface area contributed by atoms with Gasteiger partial charge in [0.1, 0.15) is 10.7 Å². The summed E-state index contributed by atoms with van der Waals surface area (Å²) in [7, 11) is -4.22. The van der Waals surface area contributed by atoms with Crippen LogP contribution in [-0.2, 0) is 9.84 Å². The van der Waals surface area contributed by atoms with Crippen LogP contribution in [0.5, 0.6) is 0 Å². The number of rotatable bonds is 5. The van der Waals surface area contributed by atoms with E-state index in [1.807, 2.05) is 0 Å². The highest BCUT2D eigenvalue weighted by Gasteiger charge is 2.28. The first-order valence-corrected chi connectivity index (χ1v) is 7.00. The molecular weight excluding hydrogens is 304 g/mol. The van der Waals surface area contributed by atoms with Gasteiger partial charge in [0.15, 0.2) is 9.84 Å². The minimum Gasteiger partial charge on any atom is -0.478 e. The summed E-state index contributed by atoms with van der Waals surface area (Å²) < 4.78 is 72.6. The van der Waals surface area contributed by atoms with Gasteiger partial charge in [0.2, 0.25) is 0 Å². The van der Waals surface area contributed by atoms with Gasteiger partial charge in [-0.2, -0.15) is 13.2 Å². The summed E-state index contributed by atoms with van der Waals surface area (Å²) in [6, 6.07) is 2.13. The van der Waals surface area contributed by atoms with Gasteiger partial charge in [0.05, 0.1) is 11.3 Å². The van der Waals surface area contributed by atoms with Crippen LogP contribution in [0.2, 0.25) is 0 Å². The Bertz CT molecular complexity index is 607. The Morgan fingerprint density at radius 1 is 1.25 bits per heavy atom. The molecule has 0 aliphatic rings. The number of sulfone groups is 1. The second kappa shape index (κ2) is 5.78. The van der Waals surface area contributed by atoms with Crippen LogP contribution in [0.4, 0.5) is 17.6 Å². The molecule has 0 fully saturated rings. The lowest BCUT2D eigenvalue weighted by molar-refractivity contribution is -0.134. The van der Waals surface area contributed by atoms with Crippen molar-refractivity contribution in [3.05, 3.63) is 29.6 Å². The molecule has 0 amide bonds. The number of carbonyl (C=O) groups is 1. The summed E-state index contributed by atoms with van der Waals surface area (Å²) >= 11 is 0. The number of benzene rings is 1. The highest BCUT2D eigenvalue weighted by atomic mass is 32.2. The fourth-order valence-corrected chi connectivity index (χ4v) is 2.83. The van der Waals surface area contributed by atoms with Gasteiger partial charge in [-0.15, -0.1) is 0 Å². The van der Waals surface area contributed by atoms with E-state index in [0.29, 0.717) is 6.07 Å². The van der Waals surface area contributed by atoms with Crippen LogP contribution in [-0.4, -0.2) is 31.4 Å². The molecule has 0 heterocycles. The highest BCUT2D eigenvalue weighted by Crippen LogP contribution is 2.24. The molecule has 1 aromatic carbocycles. The Kier molecular flexibility index (Phi) is 4.74. The Morgan fingerprint density at radius 2 is 1.85 bits per heavy atom. The second-order valence-electron chi connectivity index (χ2n) is 3.99. The lowest BCUT2D eigenvalue weighted by Crippen LogP contribution is -2.14. The predicted octanol–water partition coefficient (Wildman–Crippen LogP) is 2.64. The molecule has 0 saturated heterocycles. The van der Waals surface area contributed by atoms with Crippen LogP contribution in [0.3, 0.4) is 0 Å². The molecule has 0 saturated carbocycles. The Balaban J connectivity index is 2.91. The zero-order chi connectivity index (χ0) is 15.6. The number of alkyl halides is 3. The first-order valence-electron chi connectivity index (χ1n) is 5.35. The molecule has 0 aromatic heterocycles. The van der Waals surface area contributed by atoms with E-state index in [1.165, 1.54) is 0 Å². The third kappa shape index (κ3) is 4.48. The zero-order valence-corrected chi connectivity index (χ0v) is 10.8. The van der Waals surface area contributed by atoms with Crippen molar-refractivity contribution in [3.63, 3.8) is 0 Å². The Morgan fingerprint density at radius 3 is 2.30 bits per heavy atom. The van der Waals surface area contributed by atoms with Crippen LogP contribution in [0.15, 0.2) is 23.1 Å². The van der Waals surface area contributed by atoms with Crippen LogP contribution >= 0.6 is 0 Å². The molecule has 9 heteroatoms. The van der Waals surface area contributed by atoms with Gasteiger partial charge in [-0.25, -0.2) is 17.6 Å². The van der Waals surface area contributed by atoms with Crippen LogP contribution in [0.25, 0.3) is 0 Å². The van der Waals surface area contributed by atoms with E-state index in [1.54, 1.807) is 0 Å². The number of hydrogen-bond acceptors (Lipinski definition) is 3. The van der Waals surface area contributed by atoms with Crippen molar-refractivity contribution in [2.75, 3.05) is 5.75 Å². The maximum atomic E-state index is 13.5. The topological polar surface area (TPSA) is 71.4 Å². The van der Waals surface area contributed by atoms with Crippen molar-refractivity contribution in [2.24, 2.45) is 0 Å². The molecule has 0 unspecified atom stereocenters. The van der Waals surface area contributed by atoms with Crippen molar-refractivity contribution in [1.29, 1.82) is 0 Å². The lowest BCUT2D eigenvalue weighted by Gasteiger charge is -2.08. The average molecular weight is 314 g/mol. The summed E-state index contributed by atoms with van der Waals surface area (Å²) in [6.07, 6.45) is -6.46. The maximum absolute atomic E-state index is 13.5. The van der Waals surface area contributed by atoms with Gasteiger partial charge in [-0.05, 0) is 24.6 Å². The molecule has 1 N–H and O–H groups in total. The largest absolute Gasteiger partial charge is 0.478 e. The molecule has 0 aliphatic heterocycles. The van der Waals surface area contributed by atoms with Crippen molar-refractivity contribution >= 4 is 15.8 Å². The first-order chi connectivity index (χ1) is 9.03. The average Bonchev–Trinajstić information content (AvgIpc) is 2.26. The van der Waals surface area contributed by atoms with Crippen LogP contribution in [0.1, 0.15) is 23.2 Å². The standard InChI is InChI=1S/C11H10F4O4S/c12-8-6-7(10(16)17)2-3-9(8)20(18,19)5-1-4-11(13,14)15/h2-3,6H,1,4-5H2,(H,16,17). The smallest absolute Gasteiger partial charge is 0.389 e. The van der Waals surface area contributed by atoms with Crippen molar-refractivity contribution in [2.45, 2.75) is 23.9 Å². The SMILES string of the molecule is O=C(O)c1ccc(S(=O)(=O)CCCC(F)(F)F)c(F)c1. The van der Waals surface area contributed by atoms with Gasteiger partial charge in [-0.1, -0.05) is 0 Å². The third-order valence-electron chi connectivity index (χ3n) is 2.39. The molecule has 112 valence electrons.